The molecule has 1 atom stereocenters. The minimum atomic E-state index is -0.0794. The molecule has 106 valence electrons. The van der Waals surface area contributed by atoms with E-state index in [1.165, 1.54) is 0 Å². The number of nitrogens with zero attached hydrogens (tertiary/aromatic N) is 1. The van der Waals surface area contributed by atoms with Gasteiger partial charge in [-0.25, -0.2) is 0 Å². The molecule has 0 aromatic heterocycles. The number of hydrogen-bond acceptors (Lipinski definition) is 2. The highest BCUT2D eigenvalue weighted by Gasteiger charge is 2.17. The van der Waals surface area contributed by atoms with Gasteiger partial charge in [0.05, 0.1) is 0 Å². The van der Waals surface area contributed by atoms with Gasteiger partial charge in [-0.05, 0) is 25.3 Å². The van der Waals surface area contributed by atoms with Gasteiger partial charge in [-0.15, -0.1) is 0 Å². The van der Waals surface area contributed by atoms with Crippen LogP contribution >= 0.6 is 0 Å². The van der Waals surface area contributed by atoms with Crippen LogP contribution in [-0.4, -0.2) is 25.5 Å². The maximum Gasteiger partial charge on any atom is 0.139 e. The summed E-state index contributed by atoms with van der Waals surface area (Å²) in [5, 5.41) is 3.41. The lowest BCUT2D eigenvalue weighted by Gasteiger charge is -2.21. The molecule has 0 fully saturated rings. The Morgan fingerprint density at radius 2 is 1.89 bits per heavy atom. The number of rotatable bonds is 8. The number of amidine groups is 1. The van der Waals surface area contributed by atoms with Crippen LogP contribution in [-0.2, 0) is 4.74 Å². The Morgan fingerprint density at radius 1 is 1.16 bits per heavy atom. The molecule has 0 aliphatic carbocycles. The Morgan fingerprint density at radius 3 is 2.47 bits per heavy atom. The Labute approximate surface area is 117 Å². The molecule has 0 spiro atoms. The van der Waals surface area contributed by atoms with Gasteiger partial charge >= 0.3 is 0 Å². The highest BCUT2D eigenvalue weighted by Crippen LogP contribution is 2.18. The predicted molar refractivity (Wildman–Crippen MR) is 81.7 cm³/mol. The topological polar surface area (TPSA) is 33.6 Å². The second-order valence-electron chi connectivity index (χ2n) is 4.44. The largest absolute Gasteiger partial charge is 0.371 e. The molecule has 0 saturated carbocycles. The molecule has 0 aliphatic rings. The third kappa shape index (κ3) is 5.43. The van der Waals surface area contributed by atoms with Crippen molar-refractivity contribution in [1.82, 2.24) is 5.32 Å². The Balaban J connectivity index is 2.91. The summed E-state index contributed by atoms with van der Waals surface area (Å²) in [6, 6.07) is 10.3. The van der Waals surface area contributed by atoms with E-state index in [4.69, 9.17) is 4.74 Å². The molecule has 0 heterocycles. The van der Waals surface area contributed by atoms with Gasteiger partial charge in [0, 0.05) is 19.7 Å². The third-order valence-electron chi connectivity index (χ3n) is 2.75. The SMILES string of the molecule is CCCN=C(NCCC)[C@@H](OCC)c1ccccc1. The van der Waals surface area contributed by atoms with Gasteiger partial charge in [-0.2, -0.15) is 0 Å². The van der Waals surface area contributed by atoms with Crippen molar-refractivity contribution in [3.63, 3.8) is 0 Å². The minimum Gasteiger partial charge on any atom is -0.371 e. The van der Waals surface area contributed by atoms with Crippen LogP contribution in [0.25, 0.3) is 0 Å². The highest BCUT2D eigenvalue weighted by molar-refractivity contribution is 5.87. The van der Waals surface area contributed by atoms with Crippen molar-refractivity contribution in [2.45, 2.75) is 39.7 Å². The van der Waals surface area contributed by atoms with Gasteiger partial charge in [-0.3, -0.25) is 4.99 Å². The lowest BCUT2D eigenvalue weighted by atomic mass is 10.1. The number of ether oxygens (including phenoxy) is 1. The fraction of sp³-hybridized carbons (Fsp3) is 0.562. The van der Waals surface area contributed by atoms with Crippen LogP contribution in [0.4, 0.5) is 0 Å². The average molecular weight is 262 g/mol. The van der Waals surface area contributed by atoms with Crippen LogP contribution in [0, 0.1) is 0 Å². The molecule has 0 aliphatic heterocycles. The van der Waals surface area contributed by atoms with E-state index in [0.29, 0.717) is 6.61 Å². The zero-order valence-corrected chi connectivity index (χ0v) is 12.4. The summed E-state index contributed by atoms with van der Waals surface area (Å²) in [6.07, 6.45) is 2.05. The second-order valence-corrected chi connectivity index (χ2v) is 4.44. The van der Waals surface area contributed by atoms with Crippen LogP contribution in [0.15, 0.2) is 35.3 Å². The quantitative estimate of drug-likeness (QED) is 0.574. The van der Waals surface area contributed by atoms with E-state index in [2.05, 4.69) is 36.3 Å². The molecule has 1 aromatic rings. The Bertz CT molecular complexity index is 362. The van der Waals surface area contributed by atoms with Crippen LogP contribution in [0.3, 0.4) is 0 Å². The van der Waals surface area contributed by atoms with Crippen LogP contribution in [0.1, 0.15) is 45.3 Å². The summed E-state index contributed by atoms with van der Waals surface area (Å²) < 4.78 is 5.89. The van der Waals surface area contributed by atoms with Gasteiger partial charge in [0.1, 0.15) is 11.9 Å². The minimum absolute atomic E-state index is 0.0794. The molecule has 1 rings (SSSR count). The molecular formula is C16H26N2O. The van der Waals surface area contributed by atoms with E-state index in [9.17, 15) is 0 Å². The first-order valence-electron chi connectivity index (χ1n) is 7.28. The molecule has 3 nitrogen and oxygen atoms in total. The van der Waals surface area contributed by atoms with Crippen LogP contribution in [0.2, 0.25) is 0 Å². The van der Waals surface area contributed by atoms with E-state index < -0.39 is 0 Å². The molecule has 1 N–H and O–H groups in total. The Hall–Kier alpha value is -1.35. The molecule has 0 saturated heterocycles. The van der Waals surface area contributed by atoms with E-state index >= 15 is 0 Å². The maximum absolute atomic E-state index is 5.89. The van der Waals surface area contributed by atoms with Crippen molar-refractivity contribution < 1.29 is 4.74 Å². The fourth-order valence-corrected chi connectivity index (χ4v) is 1.84. The molecule has 0 bridgehead atoms. The van der Waals surface area contributed by atoms with E-state index in [0.717, 1.165) is 37.3 Å². The summed E-state index contributed by atoms with van der Waals surface area (Å²) in [7, 11) is 0. The van der Waals surface area contributed by atoms with Crippen molar-refractivity contribution in [3.05, 3.63) is 35.9 Å². The van der Waals surface area contributed by atoms with Gasteiger partial charge in [-0.1, -0.05) is 44.2 Å². The van der Waals surface area contributed by atoms with Crippen molar-refractivity contribution in [1.29, 1.82) is 0 Å². The summed E-state index contributed by atoms with van der Waals surface area (Å²) in [6.45, 7) is 8.76. The molecule has 3 heteroatoms. The summed E-state index contributed by atoms with van der Waals surface area (Å²) in [4.78, 5) is 4.66. The molecular weight excluding hydrogens is 236 g/mol. The standard InChI is InChI=1S/C16H26N2O/c1-4-12-17-16(18-13-5-2)15(19-6-3)14-10-8-7-9-11-14/h7-11,15H,4-6,12-13H2,1-3H3,(H,17,18)/t15-/m0/s1. The molecule has 19 heavy (non-hydrogen) atoms. The summed E-state index contributed by atoms with van der Waals surface area (Å²) in [5.41, 5.74) is 1.16. The van der Waals surface area contributed by atoms with E-state index in [1.54, 1.807) is 0 Å². The van der Waals surface area contributed by atoms with Gasteiger partial charge in [0.2, 0.25) is 0 Å². The lowest BCUT2D eigenvalue weighted by molar-refractivity contribution is 0.107. The monoisotopic (exact) mass is 262 g/mol. The predicted octanol–water partition coefficient (Wildman–Crippen LogP) is 3.57. The van der Waals surface area contributed by atoms with Gasteiger partial charge in [0.15, 0.2) is 0 Å². The number of aliphatic imine (C=N–C) groups is 1. The molecule has 0 amide bonds. The number of hydrogen-bond donors (Lipinski definition) is 1. The van der Waals surface area contributed by atoms with Crippen molar-refractivity contribution in [2.24, 2.45) is 4.99 Å². The van der Waals surface area contributed by atoms with Gasteiger partial charge < -0.3 is 10.1 Å². The zero-order valence-electron chi connectivity index (χ0n) is 12.4. The first-order chi connectivity index (χ1) is 9.33. The van der Waals surface area contributed by atoms with Crippen LogP contribution in [0.5, 0.6) is 0 Å². The van der Waals surface area contributed by atoms with Crippen molar-refractivity contribution in [2.75, 3.05) is 19.7 Å². The molecule has 0 unspecified atom stereocenters. The first-order valence-corrected chi connectivity index (χ1v) is 7.28. The van der Waals surface area contributed by atoms with E-state index in [1.807, 2.05) is 25.1 Å². The lowest BCUT2D eigenvalue weighted by Crippen LogP contribution is -2.32. The zero-order chi connectivity index (χ0) is 13.9. The summed E-state index contributed by atoms with van der Waals surface area (Å²) >= 11 is 0. The second kappa shape index (κ2) is 9.56. The molecule has 0 radical (unpaired) electrons. The first kappa shape index (κ1) is 15.7. The molecule has 1 aromatic carbocycles. The average Bonchev–Trinajstić information content (AvgIpc) is 2.46. The van der Waals surface area contributed by atoms with Gasteiger partial charge in [0.25, 0.3) is 0 Å². The highest BCUT2D eigenvalue weighted by atomic mass is 16.5. The van der Waals surface area contributed by atoms with Crippen molar-refractivity contribution >= 4 is 5.84 Å². The number of benzene rings is 1. The summed E-state index contributed by atoms with van der Waals surface area (Å²) in [5.74, 6) is 0.955. The van der Waals surface area contributed by atoms with Crippen molar-refractivity contribution in [3.8, 4) is 0 Å². The smallest absolute Gasteiger partial charge is 0.139 e. The van der Waals surface area contributed by atoms with E-state index in [-0.39, 0.29) is 6.10 Å². The maximum atomic E-state index is 5.89. The normalized spacial score (nSPS) is 13.3. The Kier molecular flexibility index (Phi) is 7.91. The number of nitrogens with one attached hydrogen (secondary N) is 1. The third-order valence-corrected chi connectivity index (χ3v) is 2.75. The fourth-order valence-electron chi connectivity index (χ4n) is 1.84. The van der Waals surface area contributed by atoms with Crippen LogP contribution < -0.4 is 5.32 Å².